The maximum atomic E-state index is 13.1. The van der Waals surface area contributed by atoms with Crippen LogP contribution in [0, 0.1) is 10.1 Å². The number of anilines is 1. The number of alkyl halides is 3. The Morgan fingerprint density at radius 2 is 1.79 bits per heavy atom. The first kappa shape index (κ1) is 20.9. The first-order valence-electron chi connectivity index (χ1n) is 8.24. The minimum Gasteiger partial charge on any atom is -0.291 e. The van der Waals surface area contributed by atoms with Crippen LogP contribution in [0.2, 0.25) is 0 Å². The van der Waals surface area contributed by atoms with Crippen molar-refractivity contribution in [2.24, 2.45) is 0 Å². The molecule has 11 heteroatoms. The minimum atomic E-state index is -4.61. The number of halogens is 4. The number of amides is 1. The lowest BCUT2D eigenvalue weighted by molar-refractivity contribution is -0.385. The summed E-state index contributed by atoms with van der Waals surface area (Å²) >= 11 is 3.17. The lowest BCUT2D eigenvalue weighted by Gasteiger charge is -2.28. The number of fused-ring (bicyclic) bond motifs is 1. The van der Waals surface area contributed by atoms with Gasteiger partial charge in [0.2, 0.25) is 0 Å². The van der Waals surface area contributed by atoms with E-state index in [2.05, 4.69) is 15.9 Å². The summed E-state index contributed by atoms with van der Waals surface area (Å²) in [5.74, 6) is -1.79. The van der Waals surface area contributed by atoms with E-state index in [9.17, 15) is 32.9 Å². The molecule has 0 aliphatic carbocycles. The SMILES string of the molecule is O=C1C(=O)N(CN(Cc2ccccc2[N+](=O)[O-])CC(F)(F)F)c2cccc(Br)c21. The van der Waals surface area contributed by atoms with E-state index in [4.69, 9.17) is 0 Å². The number of nitro groups is 1. The zero-order valence-corrected chi connectivity index (χ0v) is 16.2. The van der Waals surface area contributed by atoms with Gasteiger partial charge in [-0.05, 0) is 28.1 Å². The monoisotopic (exact) mass is 471 g/mol. The van der Waals surface area contributed by atoms with Crippen molar-refractivity contribution in [2.45, 2.75) is 12.7 Å². The number of carbonyl (C=O) groups excluding carboxylic acids is 2. The molecule has 0 saturated carbocycles. The van der Waals surface area contributed by atoms with Crippen LogP contribution in [-0.4, -0.2) is 40.9 Å². The molecular formula is C18H13BrF3N3O4. The Kier molecular flexibility index (Phi) is 5.71. The molecule has 0 fully saturated rings. The molecule has 2 aromatic carbocycles. The topological polar surface area (TPSA) is 83.8 Å². The Morgan fingerprint density at radius 1 is 1.10 bits per heavy atom. The van der Waals surface area contributed by atoms with Gasteiger partial charge in [-0.15, -0.1) is 0 Å². The van der Waals surface area contributed by atoms with Crippen molar-refractivity contribution in [3.8, 4) is 0 Å². The van der Waals surface area contributed by atoms with E-state index in [1.807, 2.05) is 0 Å². The van der Waals surface area contributed by atoms with Crippen LogP contribution < -0.4 is 4.90 Å². The fourth-order valence-electron chi connectivity index (χ4n) is 3.11. The lowest BCUT2D eigenvalue weighted by Crippen LogP contribution is -2.44. The van der Waals surface area contributed by atoms with Gasteiger partial charge in [-0.3, -0.25) is 29.5 Å². The highest BCUT2D eigenvalue weighted by atomic mass is 79.9. The summed E-state index contributed by atoms with van der Waals surface area (Å²) in [6.45, 7) is -2.40. The van der Waals surface area contributed by atoms with Gasteiger partial charge in [0.1, 0.15) is 0 Å². The van der Waals surface area contributed by atoms with Crippen molar-refractivity contribution in [2.75, 3.05) is 18.1 Å². The fourth-order valence-corrected chi connectivity index (χ4v) is 3.65. The number of rotatable bonds is 6. The molecule has 0 N–H and O–H groups in total. The van der Waals surface area contributed by atoms with Crippen LogP contribution in [0.3, 0.4) is 0 Å². The summed E-state index contributed by atoms with van der Waals surface area (Å²) in [7, 11) is 0. The lowest BCUT2D eigenvalue weighted by atomic mass is 10.1. The summed E-state index contributed by atoms with van der Waals surface area (Å²) in [4.78, 5) is 36.9. The van der Waals surface area contributed by atoms with Crippen molar-refractivity contribution >= 4 is 39.0 Å². The molecule has 29 heavy (non-hydrogen) atoms. The molecule has 0 spiro atoms. The number of para-hydroxylation sites is 1. The van der Waals surface area contributed by atoms with Crippen LogP contribution in [0.1, 0.15) is 15.9 Å². The second-order valence-electron chi connectivity index (χ2n) is 6.33. The summed E-state index contributed by atoms with van der Waals surface area (Å²) < 4.78 is 39.7. The second-order valence-corrected chi connectivity index (χ2v) is 7.18. The summed E-state index contributed by atoms with van der Waals surface area (Å²) in [6, 6.07) is 9.99. The van der Waals surface area contributed by atoms with Gasteiger partial charge in [0, 0.05) is 22.6 Å². The summed E-state index contributed by atoms with van der Waals surface area (Å²) in [5, 5.41) is 11.2. The molecule has 0 radical (unpaired) electrons. The molecule has 1 heterocycles. The van der Waals surface area contributed by atoms with Gasteiger partial charge < -0.3 is 0 Å². The van der Waals surface area contributed by atoms with E-state index in [0.717, 1.165) is 9.80 Å². The van der Waals surface area contributed by atoms with E-state index in [1.54, 1.807) is 12.1 Å². The zero-order chi connectivity index (χ0) is 21.3. The highest BCUT2D eigenvalue weighted by Crippen LogP contribution is 2.35. The van der Waals surface area contributed by atoms with Crippen LogP contribution in [0.5, 0.6) is 0 Å². The smallest absolute Gasteiger partial charge is 0.291 e. The normalized spacial score (nSPS) is 13.9. The third-order valence-electron chi connectivity index (χ3n) is 4.28. The second kappa shape index (κ2) is 7.91. The molecule has 0 unspecified atom stereocenters. The standard InChI is InChI=1S/C18H13BrF3N3O4/c19-12-5-3-7-14-15(12)16(26)17(27)24(14)10-23(9-18(20,21)22)8-11-4-1-2-6-13(11)25(28)29/h1-7H,8-10H2. The number of nitro benzene ring substituents is 1. The average molecular weight is 472 g/mol. The van der Waals surface area contributed by atoms with Crippen molar-refractivity contribution in [3.05, 3.63) is 68.2 Å². The van der Waals surface area contributed by atoms with E-state index >= 15 is 0 Å². The van der Waals surface area contributed by atoms with Gasteiger partial charge >= 0.3 is 12.1 Å². The minimum absolute atomic E-state index is 0.0641. The molecule has 1 amide bonds. The molecule has 1 aliphatic heterocycles. The average Bonchev–Trinajstić information content (AvgIpc) is 2.86. The van der Waals surface area contributed by atoms with Gasteiger partial charge in [0.25, 0.3) is 11.5 Å². The van der Waals surface area contributed by atoms with Gasteiger partial charge in [0.15, 0.2) is 0 Å². The summed E-state index contributed by atoms with van der Waals surface area (Å²) in [5.41, 5.74) is 0.0000864. The number of benzene rings is 2. The van der Waals surface area contributed by atoms with Crippen LogP contribution in [0.25, 0.3) is 0 Å². The third kappa shape index (κ3) is 4.46. The van der Waals surface area contributed by atoms with Crippen molar-refractivity contribution in [1.82, 2.24) is 4.90 Å². The van der Waals surface area contributed by atoms with Gasteiger partial charge in [-0.25, -0.2) is 0 Å². The molecule has 152 valence electrons. The Labute approximate surface area is 171 Å². The van der Waals surface area contributed by atoms with E-state index in [-0.39, 0.29) is 22.5 Å². The van der Waals surface area contributed by atoms with Crippen LogP contribution >= 0.6 is 15.9 Å². The highest BCUT2D eigenvalue weighted by Gasteiger charge is 2.40. The number of hydrogen-bond donors (Lipinski definition) is 0. The number of nitrogens with zero attached hydrogens (tertiary/aromatic N) is 3. The van der Waals surface area contributed by atoms with Crippen LogP contribution in [0.15, 0.2) is 46.9 Å². The molecule has 2 aromatic rings. The van der Waals surface area contributed by atoms with Gasteiger partial charge in [-0.2, -0.15) is 13.2 Å². The Hall–Kier alpha value is -2.79. The molecule has 7 nitrogen and oxygen atoms in total. The predicted molar refractivity (Wildman–Crippen MR) is 100 cm³/mol. The van der Waals surface area contributed by atoms with Crippen molar-refractivity contribution in [3.63, 3.8) is 0 Å². The first-order chi connectivity index (χ1) is 13.6. The molecule has 0 aromatic heterocycles. The Balaban J connectivity index is 1.94. The first-order valence-corrected chi connectivity index (χ1v) is 9.04. The van der Waals surface area contributed by atoms with Crippen molar-refractivity contribution < 1.29 is 27.7 Å². The maximum absolute atomic E-state index is 13.1. The fraction of sp³-hybridized carbons (Fsp3) is 0.222. The largest absolute Gasteiger partial charge is 0.401 e. The third-order valence-corrected chi connectivity index (χ3v) is 4.94. The number of carbonyl (C=O) groups is 2. The quantitative estimate of drug-likeness (QED) is 0.362. The molecule has 0 saturated heterocycles. The van der Waals surface area contributed by atoms with Crippen LogP contribution in [-0.2, 0) is 11.3 Å². The van der Waals surface area contributed by atoms with E-state index in [0.29, 0.717) is 4.47 Å². The molecular weight excluding hydrogens is 459 g/mol. The van der Waals surface area contributed by atoms with Gasteiger partial charge in [-0.1, -0.05) is 24.3 Å². The maximum Gasteiger partial charge on any atom is 0.401 e. The zero-order valence-electron chi connectivity index (χ0n) is 14.6. The predicted octanol–water partition coefficient (Wildman–Crippen LogP) is 3.91. The summed E-state index contributed by atoms with van der Waals surface area (Å²) in [6.07, 6.45) is -4.61. The molecule has 0 bridgehead atoms. The van der Waals surface area contributed by atoms with Crippen molar-refractivity contribution in [1.29, 1.82) is 0 Å². The molecule has 3 rings (SSSR count). The van der Waals surface area contributed by atoms with E-state index < -0.39 is 42.5 Å². The molecule has 1 aliphatic rings. The molecule has 0 atom stereocenters. The number of ketones is 1. The highest BCUT2D eigenvalue weighted by molar-refractivity contribution is 9.10. The Bertz CT molecular complexity index is 997. The number of Topliss-reactive ketones (excluding diaryl/α,β-unsaturated/α-hetero) is 1. The number of hydrogen-bond acceptors (Lipinski definition) is 5. The van der Waals surface area contributed by atoms with Crippen LogP contribution in [0.4, 0.5) is 24.5 Å². The van der Waals surface area contributed by atoms with Gasteiger partial charge in [0.05, 0.1) is 29.4 Å². The Morgan fingerprint density at radius 3 is 2.45 bits per heavy atom. The van der Waals surface area contributed by atoms with E-state index in [1.165, 1.54) is 30.3 Å².